The fourth-order valence-corrected chi connectivity index (χ4v) is 1.80. The van der Waals surface area contributed by atoms with Gasteiger partial charge in [0.05, 0.1) is 23.5 Å². The van der Waals surface area contributed by atoms with Crippen LogP contribution in [0, 0.1) is 0 Å². The number of hydrogen-bond acceptors (Lipinski definition) is 4. The standard InChI is InChI=1S/C12H12N4O/c13-5-4-12-14-8-11(17-12)9-7-15-16-6-2-1-3-10(9)16/h1-3,6-8H,4-5,13H2. The van der Waals surface area contributed by atoms with Crippen LogP contribution in [0.5, 0.6) is 0 Å². The van der Waals surface area contributed by atoms with Gasteiger partial charge in [0, 0.05) is 19.2 Å². The van der Waals surface area contributed by atoms with E-state index < -0.39 is 0 Å². The lowest BCUT2D eigenvalue weighted by Crippen LogP contribution is -2.02. The van der Waals surface area contributed by atoms with Gasteiger partial charge in [0.1, 0.15) is 0 Å². The molecule has 0 amide bonds. The zero-order valence-corrected chi connectivity index (χ0v) is 9.21. The highest BCUT2D eigenvalue weighted by Gasteiger charge is 2.10. The summed E-state index contributed by atoms with van der Waals surface area (Å²) in [5, 5.41) is 4.25. The molecule has 2 N–H and O–H groups in total. The fraction of sp³-hybridized carbons (Fsp3) is 0.167. The summed E-state index contributed by atoms with van der Waals surface area (Å²) in [6.45, 7) is 0.536. The Labute approximate surface area is 97.9 Å². The molecule has 0 saturated heterocycles. The lowest BCUT2D eigenvalue weighted by molar-refractivity contribution is 0.508. The van der Waals surface area contributed by atoms with E-state index in [0.29, 0.717) is 18.9 Å². The molecule has 17 heavy (non-hydrogen) atoms. The van der Waals surface area contributed by atoms with Crippen molar-refractivity contribution < 1.29 is 4.42 Å². The van der Waals surface area contributed by atoms with Crippen LogP contribution in [0.25, 0.3) is 16.8 Å². The molecule has 5 nitrogen and oxygen atoms in total. The van der Waals surface area contributed by atoms with Gasteiger partial charge in [0.2, 0.25) is 0 Å². The Morgan fingerprint density at radius 2 is 2.24 bits per heavy atom. The maximum absolute atomic E-state index is 5.63. The number of rotatable bonds is 3. The van der Waals surface area contributed by atoms with Crippen LogP contribution in [0.15, 0.2) is 41.2 Å². The van der Waals surface area contributed by atoms with Gasteiger partial charge in [0.15, 0.2) is 11.7 Å². The molecule has 0 aliphatic carbocycles. The highest BCUT2D eigenvalue weighted by atomic mass is 16.4. The van der Waals surface area contributed by atoms with Crippen molar-refractivity contribution in [2.45, 2.75) is 6.42 Å². The van der Waals surface area contributed by atoms with Crippen LogP contribution in [-0.4, -0.2) is 21.1 Å². The first kappa shape index (κ1) is 10.0. The first-order valence-corrected chi connectivity index (χ1v) is 5.46. The molecule has 0 unspecified atom stereocenters. The second-order valence-electron chi connectivity index (χ2n) is 3.75. The fourth-order valence-electron chi connectivity index (χ4n) is 1.80. The van der Waals surface area contributed by atoms with Crippen LogP contribution in [0.3, 0.4) is 0 Å². The van der Waals surface area contributed by atoms with Crippen LogP contribution >= 0.6 is 0 Å². The van der Waals surface area contributed by atoms with E-state index in [1.54, 1.807) is 16.9 Å². The summed E-state index contributed by atoms with van der Waals surface area (Å²) in [4.78, 5) is 4.19. The predicted molar refractivity (Wildman–Crippen MR) is 63.4 cm³/mol. The molecule has 3 heterocycles. The van der Waals surface area contributed by atoms with E-state index in [4.69, 9.17) is 10.2 Å². The quantitative estimate of drug-likeness (QED) is 0.737. The molecule has 0 fully saturated rings. The van der Waals surface area contributed by atoms with Gasteiger partial charge in [-0.15, -0.1) is 0 Å². The molecule has 0 aliphatic rings. The molecular formula is C12H12N4O. The van der Waals surface area contributed by atoms with Gasteiger partial charge in [-0.05, 0) is 12.1 Å². The van der Waals surface area contributed by atoms with Crippen LogP contribution in [-0.2, 0) is 6.42 Å². The summed E-state index contributed by atoms with van der Waals surface area (Å²) in [5.74, 6) is 1.40. The van der Waals surface area contributed by atoms with Gasteiger partial charge in [-0.3, -0.25) is 0 Å². The van der Waals surface area contributed by atoms with Crippen molar-refractivity contribution in [2.24, 2.45) is 5.73 Å². The van der Waals surface area contributed by atoms with Gasteiger partial charge < -0.3 is 10.2 Å². The molecule has 0 saturated carbocycles. The van der Waals surface area contributed by atoms with Crippen LogP contribution in [0.2, 0.25) is 0 Å². The summed E-state index contributed by atoms with van der Waals surface area (Å²) in [6, 6.07) is 5.90. The first-order chi connectivity index (χ1) is 8.38. The maximum atomic E-state index is 5.63. The second kappa shape index (κ2) is 4.03. The highest BCUT2D eigenvalue weighted by Crippen LogP contribution is 2.24. The van der Waals surface area contributed by atoms with Crippen molar-refractivity contribution in [3.63, 3.8) is 0 Å². The average Bonchev–Trinajstić information content (AvgIpc) is 2.95. The molecule has 86 valence electrons. The Kier molecular flexibility index (Phi) is 2.38. The van der Waals surface area contributed by atoms with Gasteiger partial charge in [-0.1, -0.05) is 6.07 Å². The van der Waals surface area contributed by atoms with Crippen molar-refractivity contribution >= 4 is 5.52 Å². The Morgan fingerprint density at radius 1 is 1.29 bits per heavy atom. The third-order valence-electron chi connectivity index (χ3n) is 2.60. The lowest BCUT2D eigenvalue weighted by Gasteiger charge is -1.94. The Hall–Kier alpha value is -2.14. The SMILES string of the molecule is NCCc1ncc(-c2cnn3ccccc23)o1. The summed E-state index contributed by atoms with van der Waals surface area (Å²) >= 11 is 0. The molecule has 0 atom stereocenters. The maximum Gasteiger partial charge on any atom is 0.196 e. The summed E-state index contributed by atoms with van der Waals surface area (Å²) in [6.07, 6.45) is 6.05. The van der Waals surface area contributed by atoms with Crippen LogP contribution in [0.1, 0.15) is 5.89 Å². The van der Waals surface area contributed by atoms with Gasteiger partial charge in [-0.25, -0.2) is 9.50 Å². The zero-order chi connectivity index (χ0) is 11.7. The molecule has 5 heteroatoms. The Balaban J connectivity index is 2.07. The van der Waals surface area contributed by atoms with Gasteiger partial charge in [-0.2, -0.15) is 5.10 Å². The first-order valence-electron chi connectivity index (χ1n) is 5.46. The van der Waals surface area contributed by atoms with E-state index in [-0.39, 0.29) is 0 Å². The third kappa shape index (κ3) is 1.70. The average molecular weight is 228 g/mol. The van der Waals surface area contributed by atoms with E-state index in [1.807, 2.05) is 24.4 Å². The topological polar surface area (TPSA) is 69.3 Å². The number of pyridine rings is 1. The molecule has 3 aromatic rings. The monoisotopic (exact) mass is 228 g/mol. The number of nitrogens with two attached hydrogens (primary N) is 1. The molecule has 0 spiro atoms. The normalized spacial score (nSPS) is 11.1. The number of oxazole rings is 1. The van der Waals surface area contributed by atoms with E-state index in [0.717, 1.165) is 16.8 Å². The molecule has 0 aromatic carbocycles. The van der Waals surface area contributed by atoms with Crippen molar-refractivity contribution in [1.82, 2.24) is 14.6 Å². The van der Waals surface area contributed by atoms with Crippen molar-refractivity contribution in [3.8, 4) is 11.3 Å². The summed E-state index contributed by atoms with van der Waals surface area (Å²) in [7, 11) is 0. The molecule has 0 bridgehead atoms. The van der Waals surface area contributed by atoms with Crippen molar-refractivity contribution in [3.05, 3.63) is 42.7 Å². The van der Waals surface area contributed by atoms with Crippen LogP contribution < -0.4 is 5.73 Å². The Morgan fingerprint density at radius 3 is 3.12 bits per heavy atom. The molecule has 3 rings (SSSR count). The summed E-state index contributed by atoms with van der Waals surface area (Å²) in [5.41, 5.74) is 7.41. The number of nitrogens with zero attached hydrogens (tertiary/aromatic N) is 3. The molecular weight excluding hydrogens is 216 g/mol. The van der Waals surface area contributed by atoms with Crippen LogP contribution in [0.4, 0.5) is 0 Å². The summed E-state index contributed by atoms with van der Waals surface area (Å²) < 4.78 is 7.44. The zero-order valence-electron chi connectivity index (χ0n) is 9.21. The minimum Gasteiger partial charge on any atom is -0.441 e. The molecule has 0 aliphatic heterocycles. The third-order valence-corrected chi connectivity index (χ3v) is 2.60. The van der Waals surface area contributed by atoms with E-state index in [9.17, 15) is 0 Å². The largest absolute Gasteiger partial charge is 0.441 e. The predicted octanol–water partition coefficient (Wildman–Crippen LogP) is 1.49. The van der Waals surface area contributed by atoms with E-state index in [1.165, 1.54) is 0 Å². The van der Waals surface area contributed by atoms with E-state index in [2.05, 4.69) is 10.1 Å². The minimum atomic E-state index is 0.536. The van der Waals surface area contributed by atoms with Gasteiger partial charge >= 0.3 is 0 Å². The highest BCUT2D eigenvalue weighted by molar-refractivity contribution is 5.76. The molecule has 0 radical (unpaired) electrons. The van der Waals surface area contributed by atoms with E-state index >= 15 is 0 Å². The molecule has 3 aromatic heterocycles. The van der Waals surface area contributed by atoms with Gasteiger partial charge in [0.25, 0.3) is 0 Å². The number of fused-ring (bicyclic) bond motifs is 1. The van der Waals surface area contributed by atoms with Crippen molar-refractivity contribution in [2.75, 3.05) is 6.54 Å². The lowest BCUT2D eigenvalue weighted by atomic mass is 10.2. The second-order valence-corrected chi connectivity index (χ2v) is 3.75. The minimum absolute atomic E-state index is 0.536. The number of hydrogen-bond donors (Lipinski definition) is 1. The Bertz CT molecular complexity index is 641. The number of aromatic nitrogens is 3. The smallest absolute Gasteiger partial charge is 0.196 e. The van der Waals surface area contributed by atoms with Crippen molar-refractivity contribution in [1.29, 1.82) is 0 Å².